The summed E-state index contributed by atoms with van der Waals surface area (Å²) in [6.07, 6.45) is 4.74. The molecule has 0 bridgehead atoms. The van der Waals surface area contributed by atoms with E-state index < -0.39 is 6.04 Å². The third-order valence-corrected chi connectivity index (χ3v) is 3.43. The quantitative estimate of drug-likeness (QED) is 0.889. The Labute approximate surface area is 119 Å². The number of imidazole rings is 1. The Kier molecular flexibility index (Phi) is 4.42. The molecule has 6 heteroatoms. The van der Waals surface area contributed by atoms with Gasteiger partial charge in [0.1, 0.15) is 11.7 Å². The molecule has 6 nitrogen and oxygen atoms in total. The van der Waals surface area contributed by atoms with Crippen LogP contribution in [0.2, 0.25) is 0 Å². The molecule has 0 radical (unpaired) electrons. The summed E-state index contributed by atoms with van der Waals surface area (Å²) in [6, 6.07) is -0.396. The van der Waals surface area contributed by atoms with Gasteiger partial charge in [-0.2, -0.15) is 0 Å². The van der Waals surface area contributed by atoms with Gasteiger partial charge in [-0.15, -0.1) is 0 Å². The molecule has 2 rings (SSSR count). The first-order valence-corrected chi connectivity index (χ1v) is 7.05. The number of hydrogen-bond donors (Lipinski definition) is 1. The fourth-order valence-corrected chi connectivity index (χ4v) is 2.47. The maximum absolute atomic E-state index is 12.6. The molecule has 0 aliphatic carbocycles. The molecule has 1 fully saturated rings. The van der Waals surface area contributed by atoms with Crippen molar-refractivity contribution in [3.05, 3.63) is 18.2 Å². The first-order chi connectivity index (χ1) is 9.49. The molecule has 110 valence electrons. The van der Waals surface area contributed by atoms with Crippen molar-refractivity contribution in [3.8, 4) is 0 Å². The van der Waals surface area contributed by atoms with Crippen molar-refractivity contribution in [1.82, 2.24) is 19.8 Å². The fourth-order valence-electron chi connectivity index (χ4n) is 2.47. The summed E-state index contributed by atoms with van der Waals surface area (Å²) in [4.78, 5) is 30.5. The Bertz CT molecular complexity index is 495. The molecular weight excluding hydrogens is 256 g/mol. The van der Waals surface area contributed by atoms with E-state index in [1.54, 1.807) is 22.0 Å². The molecule has 1 aromatic rings. The minimum Gasteiger partial charge on any atom is -0.354 e. The van der Waals surface area contributed by atoms with Crippen molar-refractivity contribution in [2.75, 3.05) is 13.1 Å². The maximum Gasteiger partial charge on any atom is 0.274 e. The topological polar surface area (TPSA) is 67.2 Å². The van der Waals surface area contributed by atoms with Crippen LogP contribution in [0.3, 0.4) is 0 Å². The fraction of sp³-hybridized carbons (Fsp3) is 0.643. The zero-order valence-electron chi connectivity index (χ0n) is 12.3. The van der Waals surface area contributed by atoms with Gasteiger partial charge < -0.3 is 14.8 Å². The molecule has 1 atom stereocenters. The van der Waals surface area contributed by atoms with E-state index in [0.29, 0.717) is 31.1 Å². The second kappa shape index (κ2) is 6.07. The lowest BCUT2D eigenvalue weighted by Gasteiger charge is -2.29. The number of aryl methyl sites for hydroxylation is 1. The van der Waals surface area contributed by atoms with Gasteiger partial charge in [0.05, 0.1) is 6.33 Å². The number of carbonyl (C=O) groups excluding carboxylic acids is 2. The number of aromatic nitrogens is 2. The Morgan fingerprint density at radius 1 is 1.55 bits per heavy atom. The maximum atomic E-state index is 12.6. The van der Waals surface area contributed by atoms with E-state index in [1.165, 1.54) is 0 Å². The minimum atomic E-state index is -0.396. The number of nitrogens with zero attached hydrogens (tertiary/aromatic N) is 3. The third-order valence-electron chi connectivity index (χ3n) is 3.43. The third kappa shape index (κ3) is 3.18. The van der Waals surface area contributed by atoms with Gasteiger partial charge in [0.2, 0.25) is 5.91 Å². The van der Waals surface area contributed by atoms with Gasteiger partial charge in [-0.25, -0.2) is 4.98 Å². The highest BCUT2D eigenvalue weighted by Crippen LogP contribution is 2.17. The molecule has 2 heterocycles. The molecule has 0 saturated carbocycles. The first kappa shape index (κ1) is 14.6. The second-order valence-electron chi connectivity index (χ2n) is 5.71. The molecule has 0 unspecified atom stereocenters. The predicted molar refractivity (Wildman–Crippen MR) is 75.1 cm³/mol. The van der Waals surface area contributed by atoms with E-state index in [1.807, 2.05) is 7.05 Å². The molecule has 1 aromatic heterocycles. The minimum absolute atomic E-state index is 0.0551. The Hall–Kier alpha value is -1.85. The van der Waals surface area contributed by atoms with Crippen LogP contribution in [-0.2, 0) is 11.8 Å². The summed E-state index contributed by atoms with van der Waals surface area (Å²) in [5.41, 5.74) is 0.399. The Balaban J connectivity index is 2.24. The van der Waals surface area contributed by atoms with Gasteiger partial charge in [0, 0.05) is 26.3 Å². The van der Waals surface area contributed by atoms with E-state index in [4.69, 9.17) is 0 Å². The zero-order chi connectivity index (χ0) is 14.7. The molecule has 2 amide bonds. The normalized spacial score (nSPS) is 19.9. The van der Waals surface area contributed by atoms with Crippen LogP contribution < -0.4 is 5.32 Å². The van der Waals surface area contributed by atoms with Crippen LogP contribution in [0.15, 0.2) is 12.5 Å². The van der Waals surface area contributed by atoms with E-state index in [9.17, 15) is 9.59 Å². The highest BCUT2D eigenvalue weighted by atomic mass is 16.2. The van der Waals surface area contributed by atoms with E-state index >= 15 is 0 Å². The average Bonchev–Trinajstić information content (AvgIpc) is 2.74. The van der Waals surface area contributed by atoms with Crippen LogP contribution >= 0.6 is 0 Å². The highest BCUT2D eigenvalue weighted by Gasteiger charge is 2.33. The Morgan fingerprint density at radius 2 is 2.30 bits per heavy atom. The Morgan fingerprint density at radius 3 is 2.90 bits per heavy atom. The van der Waals surface area contributed by atoms with Crippen LogP contribution in [0.5, 0.6) is 0 Å². The van der Waals surface area contributed by atoms with Crippen molar-refractivity contribution in [1.29, 1.82) is 0 Å². The van der Waals surface area contributed by atoms with Gasteiger partial charge in [0.25, 0.3) is 5.91 Å². The van der Waals surface area contributed by atoms with Crippen molar-refractivity contribution >= 4 is 11.8 Å². The van der Waals surface area contributed by atoms with Crippen molar-refractivity contribution in [2.24, 2.45) is 13.0 Å². The number of rotatable bonds is 3. The monoisotopic (exact) mass is 278 g/mol. The molecular formula is C14H22N4O2. The lowest BCUT2D eigenvalue weighted by Crippen LogP contribution is -2.48. The van der Waals surface area contributed by atoms with Crippen molar-refractivity contribution < 1.29 is 9.59 Å². The molecule has 1 saturated heterocycles. The molecule has 1 aliphatic rings. The van der Waals surface area contributed by atoms with Crippen molar-refractivity contribution in [3.63, 3.8) is 0 Å². The molecule has 0 spiro atoms. The summed E-state index contributed by atoms with van der Waals surface area (Å²) in [5.74, 6) is 0.136. The van der Waals surface area contributed by atoms with Crippen molar-refractivity contribution in [2.45, 2.75) is 32.7 Å². The van der Waals surface area contributed by atoms with Crippen LogP contribution in [0, 0.1) is 5.92 Å². The lowest BCUT2D eigenvalue weighted by molar-refractivity contribution is -0.125. The lowest BCUT2D eigenvalue weighted by atomic mass is 10.0. The summed E-state index contributed by atoms with van der Waals surface area (Å²) in [6.45, 7) is 5.33. The second-order valence-corrected chi connectivity index (χ2v) is 5.71. The van der Waals surface area contributed by atoms with Gasteiger partial charge in [-0.3, -0.25) is 9.59 Å². The van der Waals surface area contributed by atoms with E-state index in [0.717, 1.165) is 6.42 Å². The van der Waals surface area contributed by atoms with Crippen LogP contribution in [0.25, 0.3) is 0 Å². The largest absolute Gasteiger partial charge is 0.354 e. The zero-order valence-corrected chi connectivity index (χ0v) is 12.3. The van der Waals surface area contributed by atoms with Gasteiger partial charge in [-0.1, -0.05) is 13.8 Å². The first-order valence-electron chi connectivity index (χ1n) is 7.05. The molecule has 0 aromatic carbocycles. The number of nitrogens with one attached hydrogen (secondary N) is 1. The number of carbonyl (C=O) groups is 2. The molecule has 1 aliphatic heterocycles. The summed E-state index contributed by atoms with van der Waals surface area (Å²) in [5, 5.41) is 2.88. The SMILES string of the molecule is CC(C)C[C@H]1C(=O)NCCCN1C(=O)c1cn(C)cn1. The summed E-state index contributed by atoms with van der Waals surface area (Å²) in [7, 11) is 1.82. The highest BCUT2D eigenvalue weighted by molar-refractivity contribution is 5.96. The summed E-state index contributed by atoms with van der Waals surface area (Å²) < 4.78 is 1.74. The predicted octanol–water partition coefficient (Wildman–Crippen LogP) is 0.797. The standard InChI is InChI=1S/C14H22N4O2/c1-10(2)7-12-13(19)15-5-4-6-18(12)14(20)11-8-17(3)9-16-11/h8-10,12H,4-7H2,1-3H3,(H,15,19)/t12-/m0/s1. The van der Waals surface area contributed by atoms with Gasteiger partial charge >= 0.3 is 0 Å². The molecule has 20 heavy (non-hydrogen) atoms. The molecule has 1 N–H and O–H groups in total. The van der Waals surface area contributed by atoms with E-state index in [-0.39, 0.29) is 11.8 Å². The number of hydrogen-bond acceptors (Lipinski definition) is 3. The van der Waals surface area contributed by atoms with Crippen LogP contribution in [0.4, 0.5) is 0 Å². The van der Waals surface area contributed by atoms with Gasteiger partial charge in [-0.05, 0) is 18.8 Å². The smallest absolute Gasteiger partial charge is 0.274 e. The summed E-state index contributed by atoms with van der Waals surface area (Å²) >= 11 is 0. The van der Waals surface area contributed by atoms with E-state index in [2.05, 4.69) is 24.1 Å². The van der Waals surface area contributed by atoms with Crippen LogP contribution in [-0.4, -0.2) is 45.4 Å². The average molecular weight is 278 g/mol. The van der Waals surface area contributed by atoms with Crippen LogP contribution in [0.1, 0.15) is 37.2 Å². The number of amides is 2. The van der Waals surface area contributed by atoms with Gasteiger partial charge in [0.15, 0.2) is 0 Å².